The Balaban J connectivity index is 1.90. The number of rotatable bonds is 5. The van der Waals surface area contributed by atoms with Crippen molar-refractivity contribution >= 4 is 5.57 Å². The molecule has 0 fully saturated rings. The molecular formula is C16H17N3. The first-order valence-electron chi connectivity index (χ1n) is 6.26. The van der Waals surface area contributed by atoms with Crippen LogP contribution in [-0.2, 0) is 6.54 Å². The van der Waals surface area contributed by atoms with E-state index in [0.29, 0.717) is 6.42 Å². The standard InChI is InChI=1S/C16H17N3/c1-2-3-4-9-17-11-14-7-8-16(19-12-14)15-6-5-10-18-13-15/h1,4-10,12,17-18H,3,11,13H2/b9-4+. The molecule has 19 heavy (non-hydrogen) atoms. The van der Waals surface area contributed by atoms with E-state index in [1.807, 2.05) is 30.7 Å². The van der Waals surface area contributed by atoms with Crippen LogP contribution < -0.4 is 10.6 Å². The molecule has 0 bridgehead atoms. The second-order valence-corrected chi connectivity index (χ2v) is 4.18. The summed E-state index contributed by atoms with van der Waals surface area (Å²) in [5, 5.41) is 6.36. The van der Waals surface area contributed by atoms with Crippen LogP contribution in [-0.4, -0.2) is 11.5 Å². The number of pyridine rings is 1. The van der Waals surface area contributed by atoms with Crippen LogP contribution in [0.4, 0.5) is 0 Å². The fourth-order valence-corrected chi connectivity index (χ4v) is 1.74. The highest BCUT2D eigenvalue weighted by Gasteiger charge is 2.03. The van der Waals surface area contributed by atoms with Gasteiger partial charge in [-0.15, -0.1) is 12.3 Å². The van der Waals surface area contributed by atoms with Crippen LogP contribution in [0.1, 0.15) is 17.7 Å². The number of hydrogen-bond donors (Lipinski definition) is 2. The average molecular weight is 251 g/mol. The number of terminal acetylenes is 1. The smallest absolute Gasteiger partial charge is 0.0679 e. The van der Waals surface area contributed by atoms with Crippen molar-refractivity contribution in [2.75, 3.05) is 6.54 Å². The molecule has 1 aliphatic rings. The Hall–Kier alpha value is -2.47. The summed E-state index contributed by atoms with van der Waals surface area (Å²) in [5.41, 5.74) is 3.37. The molecule has 2 heterocycles. The topological polar surface area (TPSA) is 37.0 Å². The first kappa shape index (κ1) is 13.0. The Labute approximate surface area is 114 Å². The highest BCUT2D eigenvalue weighted by atomic mass is 14.8. The Morgan fingerprint density at radius 3 is 3.11 bits per heavy atom. The van der Waals surface area contributed by atoms with E-state index >= 15 is 0 Å². The number of nitrogens with zero attached hydrogens (tertiary/aromatic N) is 1. The molecule has 1 aromatic rings. The third-order valence-electron chi connectivity index (χ3n) is 2.74. The molecule has 2 N–H and O–H groups in total. The quantitative estimate of drug-likeness (QED) is 0.788. The SMILES string of the molecule is C#CC/C=C/NCc1ccc(C2=CC=CNC2)nc1. The largest absolute Gasteiger partial charge is 0.387 e. The normalized spacial score (nSPS) is 13.7. The van der Waals surface area contributed by atoms with Gasteiger partial charge in [-0.25, -0.2) is 0 Å². The predicted molar refractivity (Wildman–Crippen MR) is 78.8 cm³/mol. The molecule has 0 spiro atoms. The summed E-state index contributed by atoms with van der Waals surface area (Å²) in [6, 6.07) is 4.14. The van der Waals surface area contributed by atoms with Crippen LogP contribution in [0.2, 0.25) is 0 Å². The minimum Gasteiger partial charge on any atom is -0.387 e. The van der Waals surface area contributed by atoms with Gasteiger partial charge in [-0.3, -0.25) is 4.98 Å². The molecule has 1 aromatic heterocycles. The van der Waals surface area contributed by atoms with Crippen molar-refractivity contribution in [2.24, 2.45) is 0 Å². The fraction of sp³-hybridized carbons (Fsp3) is 0.188. The van der Waals surface area contributed by atoms with Gasteiger partial charge >= 0.3 is 0 Å². The maximum atomic E-state index is 5.16. The third-order valence-corrected chi connectivity index (χ3v) is 2.74. The summed E-state index contributed by atoms with van der Waals surface area (Å²) >= 11 is 0. The van der Waals surface area contributed by atoms with Gasteiger partial charge in [0.25, 0.3) is 0 Å². The molecule has 0 amide bonds. The number of allylic oxidation sites excluding steroid dienone is 3. The van der Waals surface area contributed by atoms with E-state index in [-0.39, 0.29) is 0 Å². The van der Waals surface area contributed by atoms with Gasteiger partial charge in [0.2, 0.25) is 0 Å². The molecule has 0 saturated heterocycles. The Morgan fingerprint density at radius 1 is 1.47 bits per heavy atom. The second kappa shape index (κ2) is 7.07. The molecule has 0 saturated carbocycles. The van der Waals surface area contributed by atoms with E-state index in [0.717, 1.165) is 24.3 Å². The van der Waals surface area contributed by atoms with Crippen molar-refractivity contribution in [2.45, 2.75) is 13.0 Å². The van der Waals surface area contributed by atoms with Crippen LogP contribution in [0.15, 0.2) is 49.0 Å². The van der Waals surface area contributed by atoms with Gasteiger partial charge in [0.1, 0.15) is 0 Å². The lowest BCUT2D eigenvalue weighted by Crippen LogP contribution is -2.12. The van der Waals surface area contributed by atoms with Crippen molar-refractivity contribution in [1.29, 1.82) is 0 Å². The van der Waals surface area contributed by atoms with Gasteiger partial charge in [-0.05, 0) is 35.7 Å². The zero-order valence-corrected chi connectivity index (χ0v) is 10.8. The van der Waals surface area contributed by atoms with Gasteiger partial charge in [0, 0.05) is 25.7 Å². The Morgan fingerprint density at radius 2 is 2.42 bits per heavy atom. The predicted octanol–water partition coefficient (Wildman–Crippen LogP) is 2.21. The van der Waals surface area contributed by atoms with Crippen LogP contribution >= 0.6 is 0 Å². The van der Waals surface area contributed by atoms with Crippen molar-refractivity contribution in [3.05, 3.63) is 60.2 Å². The summed E-state index contributed by atoms with van der Waals surface area (Å²) in [6.45, 7) is 1.58. The molecule has 0 atom stereocenters. The van der Waals surface area contributed by atoms with E-state index < -0.39 is 0 Å². The Kier molecular flexibility index (Phi) is 4.83. The van der Waals surface area contributed by atoms with Gasteiger partial charge in [-0.1, -0.05) is 18.2 Å². The molecule has 96 valence electrons. The molecule has 0 aromatic carbocycles. The number of hydrogen-bond acceptors (Lipinski definition) is 3. The molecule has 0 unspecified atom stereocenters. The lowest BCUT2D eigenvalue weighted by Gasteiger charge is -2.10. The van der Waals surface area contributed by atoms with Crippen molar-refractivity contribution in [1.82, 2.24) is 15.6 Å². The van der Waals surface area contributed by atoms with E-state index in [9.17, 15) is 0 Å². The zero-order valence-electron chi connectivity index (χ0n) is 10.8. The highest BCUT2D eigenvalue weighted by molar-refractivity contribution is 5.66. The lowest BCUT2D eigenvalue weighted by atomic mass is 10.1. The average Bonchev–Trinajstić information content (AvgIpc) is 2.49. The first-order chi connectivity index (χ1) is 9.40. The highest BCUT2D eigenvalue weighted by Crippen LogP contribution is 2.13. The number of dihydropyridines is 1. The van der Waals surface area contributed by atoms with Crippen LogP contribution in [0.25, 0.3) is 5.57 Å². The van der Waals surface area contributed by atoms with Gasteiger partial charge in [0.15, 0.2) is 0 Å². The van der Waals surface area contributed by atoms with Crippen LogP contribution in [0.5, 0.6) is 0 Å². The molecular weight excluding hydrogens is 234 g/mol. The van der Waals surface area contributed by atoms with Gasteiger partial charge < -0.3 is 10.6 Å². The summed E-state index contributed by atoms with van der Waals surface area (Å²) in [7, 11) is 0. The molecule has 0 aliphatic carbocycles. The second-order valence-electron chi connectivity index (χ2n) is 4.18. The minimum atomic E-state index is 0.652. The van der Waals surface area contributed by atoms with Gasteiger partial charge in [-0.2, -0.15) is 0 Å². The summed E-state index contributed by atoms with van der Waals surface area (Å²) in [4.78, 5) is 4.48. The van der Waals surface area contributed by atoms with E-state index in [1.54, 1.807) is 0 Å². The zero-order chi connectivity index (χ0) is 13.3. The third kappa shape index (κ3) is 4.04. The van der Waals surface area contributed by atoms with E-state index in [4.69, 9.17) is 6.42 Å². The maximum absolute atomic E-state index is 5.16. The molecule has 2 rings (SSSR count). The van der Waals surface area contributed by atoms with Crippen LogP contribution in [0.3, 0.4) is 0 Å². The lowest BCUT2D eigenvalue weighted by molar-refractivity contribution is 0.859. The summed E-state index contributed by atoms with van der Waals surface area (Å²) in [6.07, 6.45) is 17.5. The number of aromatic nitrogens is 1. The summed E-state index contributed by atoms with van der Waals surface area (Å²) < 4.78 is 0. The summed E-state index contributed by atoms with van der Waals surface area (Å²) in [5.74, 6) is 2.55. The van der Waals surface area contributed by atoms with Crippen molar-refractivity contribution in [3.63, 3.8) is 0 Å². The van der Waals surface area contributed by atoms with E-state index in [1.165, 1.54) is 5.57 Å². The fourth-order valence-electron chi connectivity index (χ4n) is 1.74. The monoisotopic (exact) mass is 251 g/mol. The Bertz CT molecular complexity index is 530. The number of nitrogens with one attached hydrogen (secondary N) is 2. The molecule has 3 heteroatoms. The van der Waals surface area contributed by atoms with Crippen LogP contribution in [0, 0.1) is 12.3 Å². The maximum Gasteiger partial charge on any atom is 0.0679 e. The molecule has 0 radical (unpaired) electrons. The molecule has 3 nitrogen and oxygen atoms in total. The van der Waals surface area contributed by atoms with Gasteiger partial charge in [0.05, 0.1) is 5.69 Å². The first-order valence-corrected chi connectivity index (χ1v) is 6.26. The molecule has 1 aliphatic heterocycles. The van der Waals surface area contributed by atoms with Crippen molar-refractivity contribution < 1.29 is 0 Å². The van der Waals surface area contributed by atoms with Crippen molar-refractivity contribution in [3.8, 4) is 12.3 Å². The minimum absolute atomic E-state index is 0.652. The van der Waals surface area contributed by atoms with E-state index in [2.05, 4.69) is 39.7 Å².